The second kappa shape index (κ2) is 11.8. The van der Waals surface area contributed by atoms with Gasteiger partial charge in [-0.15, -0.1) is 0 Å². The summed E-state index contributed by atoms with van der Waals surface area (Å²) in [6.07, 6.45) is -1.68. The lowest BCUT2D eigenvalue weighted by molar-refractivity contribution is -0.0150. The highest BCUT2D eigenvalue weighted by molar-refractivity contribution is 4.60. The number of aliphatic hydroxyl groups excluding tert-OH is 3. The van der Waals surface area contributed by atoms with E-state index >= 15 is 0 Å². The lowest BCUT2D eigenvalue weighted by Gasteiger charge is -2.13. The van der Waals surface area contributed by atoms with Crippen molar-refractivity contribution in [3.8, 4) is 0 Å². The Morgan fingerprint density at radius 1 is 1.00 bits per heavy atom. The Balaban J connectivity index is 3.22. The van der Waals surface area contributed by atoms with E-state index in [1.165, 1.54) is 0 Å². The van der Waals surface area contributed by atoms with E-state index in [9.17, 15) is 5.11 Å². The number of aliphatic hydroxyl groups is 3. The molecule has 0 amide bonds. The maximum absolute atomic E-state index is 9.48. The average molecular weight is 266 g/mol. The molecule has 0 heterocycles. The van der Waals surface area contributed by atoms with Crippen LogP contribution in [-0.2, 0) is 9.47 Å². The number of hydrogen-bond donors (Lipinski definition) is 5. The minimum absolute atomic E-state index is 0.175. The van der Waals surface area contributed by atoms with Crippen LogP contribution in [0.5, 0.6) is 0 Å². The number of rotatable bonds is 12. The van der Waals surface area contributed by atoms with E-state index in [0.717, 1.165) is 0 Å². The summed E-state index contributed by atoms with van der Waals surface area (Å²) >= 11 is 0. The molecule has 0 radical (unpaired) electrons. The molecule has 0 aliphatic heterocycles. The molecule has 0 fully saturated rings. The van der Waals surface area contributed by atoms with E-state index < -0.39 is 18.3 Å². The number of nitrogens with two attached hydrogens (primary N) is 1. The topological polar surface area (TPSA) is 117 Å². The predicted octanol–water partition coefficient (Wildman–Crippen LogP) is -2.33. The first-order valence-corrected chi connectivity index (χ1v) is 6.16. The number of hydrogen-bond acceptors (Lipinski definition) is 7. The molecule has 0 saturated heterocycles. The van der Waals surface area contributed by atoms with Gasteiger partial charge in [0.15, 0.2) is 0 Å². The molecule has 0 aliphatic carbocycles. The molecular formula is C11H26N2O5. The van der Waals surface area contributed by atoms with Gasteiger partial charge in [-0.25, -0.2) is 0 Å². The summed E-state index contributed by atoms with van der Waals surface area (Å²) in [6, 6.07) is 0. The molecule has 7 heteroatoms. The summed E-state index contributed by atoms with van der Waals surface area (Å²) < 4.78 is 10.3. The fraction of sp³-hybridized carbons (Fsp3) is 1.00. The predicted molar refractivity (Wildman–Crippen MR) is 67.3 cm³/mol. The standard InChI is InChI=1S/C11H26N2O5/c1-9(14)5-13-6-11(16)8-18-3-2-17-7-10(15)4-12/h9-11,13-16H,2-8,12H2,1H3. The molecule has 0 saturated carbocycles. The van der Waals surface area contributed by atoms with Crippen molar-refractivity contribution in [2.75, 3.05) is 46.1 Å². The number of nitrogens with one attached hydrogen (secondary N) is 1. The third-order valence-electron chi connectivity index (χ3n) is 2.08. The first-order chi connectivity index (χ1) is 8.56. The van der Waals surface area contributed by atoms with Crippen LogP contribution in [0.15, 0.2) is 0 Å². The van der Waals surface area contributed by atoms with Gasteiger partial charge in [-0.2, -0.15) is 0 Å². The van der Waals surface area contributed by atoms with Crippen LogP contribution < -0.4 is 11.1 Å². The average Bonchev–Trinajstić information content (AvgIpc) is 2.32. The molecule has 0 bridgehead atoms. The Morgan fingerprint density at radius 2 is 1.56 bits per heavy atom. The van der Waals surface area contributed by atoms with Gasteiger partial charge in [-0.1, -0.05) is 0 Å². The van der Waals surface area contributed by atoms with Crippen LogP contribution in [0.3, 0.4) is 0 Å². The Morgan fingerprint density at radius 3 is 2.06 bits per heavy atom. The van der Waals surface area contributed by atoms with Gasteiger partial charge < -0.3 is 35.8 Å². The van der Waals surface area contributed by atoms with Crippen molar-refractivity contribution in [3.63, 3.8) is 0 Å². The first-order valence-electron chi connectivity index (χ1n) is 6.16. The van der Waals surface area contributed by atoms with Crippen LogP contribution in [0.4, 0.5) is 0 Å². The minimum Gasteiger partial charge on any atom is -0.392 e. The smallest absolute Gasteiger partial charge is 0.0897 e. The summed E-state index contributed by atoms with van der Waals surface area (Å²) in [7, 11) is 0. The van der Waals surface area contributed by atoms with E-state index in [-0.39, 0.29) is 19.8 Å². The SMILES string of the molecule is CC(O)CNCC(O)COCCOCC(O)CN. The van der Waals surface area contributed by atoms with E-state index in [1.807, 2.05) is 0 Å². The first kappa shape index (κ1) is 17.7. The third-order valence-corrected chi connectivity index (χ3v) is 2.08. The van der Waals surface area contributed by atoms with Crippen molar-refractivity contribution >= 4 is 0 Å². The second-order valence-corrected chi connectivity index (χ2v) is 4.20. The van der Waals surface area contributed by atoms with E-state index in [2.05, 4.69) is 5.32 Å². The summed E-state index contributed by atoms with van der Waals surface area (Å²) in [5.41, 5.74) is 5.20. The van der Waals surface area contributed by atoms with Gasteiger partial charge in [0.2, 0.25) is 0 Å². The Hall–Kier alpha value is -0.280. The van der Waals surface area contributed by atoms with Gasteiger partial charge in [0.05, 0.1) is 44.7 Å². The minimum atomic E-state index is -0.639. The van der Waals surface area contributed by atoms with Crippen LogP contribution in [0.25, 0.3) is 0 Å². The summed E-state index contributed by atoms with van der Waals surface area (Å²) in [5.74, 6) is 0. The van der Waals surface area contributed by atoms with Crippen LogP contribution in [0.1, 0.15) is 6.92 Å². The number of ether oxygens (including phenoxy) is 2. The zero-order chi connectivity index (χ0) is 13.8. The summed E-state index contributed by atoms with van der Waals surface area (Å²) in [5, 5.41) is 30.4. The van der Waals surface area contributed by atoms with E-state index in [1.54, 1.807) is 6.92 Å². The summed E-state index contributed by atoms with van der Waals surface area (Å²) in [6.45, 7) is 3.76. The van der Waals surface area contributed by atoms with Gasteiger partial charge in [-0.3, -0.25) is 0 Å². The Labute approximate surface area is 108 Å². The molecule has 0 aromatic carbocycles. The molecule has 110 valence electrons. The molecule has 6 N–H and O–H groups in total. The fourth-order valence-electron chi connectivity index (χ4n) is 1.14. The summed E-state index contributed by atoms with van der Waals surface area (Å²) in [4.78, 5) is 0. The highest BCUT2D eigenvalue weighted by atomic mass is 16.5. The van der Waals surface area contributed by atoms with E-state index in [0.29, 0.717) is 26.3 Å². The van der Waals surface area contributed by atoms with Gasteiger partial charge in [-0.05, 0) is 6.92 Å². The third kappa shape index (κ3) is 12.2. The van der Waals surface area contributed by atoms with Crippen LogP contribution >= 0.6 is 0 Å². The zero-order valence-corrected chi connectivity index (χ0v) is 10.9. The van der Waals surface area contributed by atoms with Crippen molar-refractivity contribution in [3.05, 3.63) is 0 Å². The van der Waals surface area contributed by atoms with Gasteiger partial charge in [0.1, 0.15) is 0 Å². The van der Waals surface area contributed by atoms with E-state index in [4.69, 9.17) is 25.4 Å². The molecule has 3 atom stereocenters. The highest BCUT2D eigenvalue weighted by Gasteiger charge is 2.05. The van der Waals surface area contributed by atoms with Crippen molar-refractivity contribution in [2.45, 2.75) is 25.2 Å². The maximum Gasteiger partial charge on any atom is 0.0897 e. The van der Waals surface area contributed by atoms with Crippen molar-refractivity contribution in [2.24, 2.45) is 5.73 Å². The van der Waals surface area contributed by atoms with Crippen LogP contribution in [0.2, 0.25) is 0 Å². The van der Waals surface area contributed by atoms with Crippen LogP contribution in [-0.4, -0.2) is 79.7 Å². The molecule has 0 aromatic rings. The normalized spacial score (nSPS) is 16.5. The van der Waals surface area contributed by atoms with Crippen molar-refractivity contribution < 1.29 is 24.8 Å². The molecule has 7 nitrogen and oxygen atoms in total. The fourth-order valence-corrected chi connectivity index (χ4v) is 1.14. The quantitative estimate of drug-likeness (QED) is 0.251. The largest absolute Gasteiger partial charge is 0.392 e. The molecular weight excluding hydrogens is 240 g/mol. The lowest BCUT2D eigenvalue weighted by atomic mass is 10.3. The molecule has 0 spiro atoms. The lowest BCUT2D eigenvalue weighted by Crippen LogP contribution is -2.34. The van der Waals surface area contributed by atoms with Crippen molar-refractivity contribution in [1.29, 1.82) is 0 Å². The van der Waals surface area contributed by atoms with Crippen molar-refractivity contribution in [1.82, 2.24) is 5.32 Å². The molecule has 18 heavy (non-hydrogen) atoms. The monoisotopic (exact) mass is 266 g/mol. The highest BCUT2D eigenvalue weighted by Crippen LogP contribution is 1.87. The van der Waals surface area contributed by atoms with Gasteiger partial charge in [0.25, 0.3) is 0 Å². The zero-order valence-electron chi connectivity index (χ0n) is 10.9. The maximum atomic E-state index is 9.48. The van der Waals surface area contributed by atoms with Crippen LogP contribution in [0, 0.1) is 0 Å². The molecule has 0 aromatic heterocycles. The van der Waals surface area contributed by atoms with Gasteiger partial charge >= 0.3 is 0 Å². The molecule has 0 aliphatic rings. The Bertz CT molecular complexity index is 183. The molecule has 0 rings (SSSR count). The van der Waals surface area contributed by atoms with Gasteiger partial charge in [0, 0.05) is 19.6 Å². The second-order valence-electron chi connectivity index (χ2n) is 4.20. The Kier molecular flexibility index (Phi) is 11.6. The molecule has 3 unspecified atom stereocenters.